The summed E-state index contributed by atoms with van der Waals surface area (Å²) in [7, 11) is 0. The number of nitrogens with one attached hydrogen (secondary N) is 2. The average Bonchev–Trinajstić information content (AvgIpc) is 3.08. The molecule has 0 bridgehead atoms. The van der Waals surface area contributed by atoms with Crippen molar-refractivity contribution in [2.75, 3.05) is 0 Å². The minimum atomic E-state index is -0.982. The minimum absolute atomic E-state index is 0.130. The zero-order valence-electron chi connectivity index (χ0n) is 15.3. The first kappa shape index (κ1) is 21.0. The van der Waals surface area contributed by atoms with Gasteiger partial charge in [0, 0.05) is 10.4 Å². The number of benzene rings is 1. The summed E-state index contributed by atoms with van der Waals surface area (Å²) < 4.78 is 0. The first-order chi connectivity index (χ1) is 13.8. The van der Waals surface area contributed by atoms with Crippen LogP contribution in [0.5, 0.6) is 5.75 Å². The van der Waals surface area contributed by atoms with Gasteiger partial charge in [-0.1, -0.05) is 35.9 Å². The monoisotopic (exact) mass is 447 g/mol. The SMILES string of the molecule is C/C(=N\NC(=S)NC1C=C(C(=O)O)C=CC1)c1csc(-c2cccc(Cl)c2)c1O. The Morgan fingerprint density at radius 2 is 2.21 bits per heavy atom. The van der Waals surface area contributed by atoms with Gasteiger partial charge in [0.2, 0.25) is 0 Å². The Bertz CT molecular complexity index is 1040. The predicted molar refractivity (Wildman–Crippen MR) is 121 cm³/mol. The maximum absolute atomic E-state index is 11.1. The molecule has 1 aliphatic carbocycles. The molecule has 1 unspecified atom stereocenters. The third kappa shape index (κ3) is 5.23. The molecule has 0 amide bonds. The molecule has 1 aromatic carbocycles. The van der Waals surface area contributed by atoms with Crippen LogP contribution in [0.1, 0.15) is 18.9 Å². The zero-order chi connectivity index (χ0) is 21.0. The van der Waals surface area contributed by atoms with Crippen molar-refractivity contribution in [3.8, 4) is 16.2 Å². The highest BCUT2D eigenvalue weighted by Gasteiger charge is 2.16. The summed E-state index contributed by atoms with van der Waals surface area (Å²) in [6, 6.07) is 7.04. The third-order valence-electron chi connectivity index (χ3n) is 4.20. The van der Waals surface area contributed by atoms with Crippen molar-refractivity contribution in [3.63, 3.8) is 0 Å². The van der Waals surface area contributed by atoms with E-state index in [0.29, 0.717) is 27.6 Å². The summed E-state index contributed by atoms with van der Waals surface area (Å²) in [5.74, 6) is -0.852. The lowest BCUT2D eigenvalue weighted by Gasteiger charge is -2.18. The number of halogens is 1. The Morgan fingerprint density at radius 3 is 2.93 bits per heavy atom. The number of aromatic hydroxyl groups is 1. The van der Waals surface area contributed by atoms with Crippen LogP contribution in [0, 0.1) is 0 Å². The Hall–Kier alpha value is -2.68. The van der Waals surface area contributed by atoms with Gasteiger partial charge in [-0.3, -0.25) is 5.43 Å². The molecule has 3 rings (SSSR count). The summed E-state index contributed by atoms with van der Waals surface area (Å²) >= 11 is 12.7. The average molecular weight is 448 g/mol. The van der Waals surface area contributed by atoms with E-state index in [1.165, 1.54) is 11.3 Å². The molecule has 0 saturated heterocycles. The number of aliphatic carboxylic acids is 1. The second-order valence-corrected chi connectivity index (χ2v) is 8.02. The van der Waals surface area contributed by atoms with E-state index in [9.17, 15) is 9.90 Å². The number of hydrogen-bond donors (Lipinski definition) is 4. The number of carboxylic acids is 1. The molecule has 2 aromatic rings. The molecule has 1 aliphatic rings. The van der Waals surface area contributed by atoms with E-state index >= 15 is 0 Å². The molecule has 4 N–H and O–H groups in total. The Labute approximate surface area is 182 Å². The van der Waals surface area contributed by atoms with E-state index in [1.54, 1.807) is 37.3 Å². The lowest BCUT2D eigenvalue weighted by atomic mass is 10.0. The minimum Gasteiger partial charge on any atom is -0.506 e. The van der Waals surface area contributed by atoms with E-state index < -0.39 is 5.97 Å². The van der Waals surface area contributed by atoms with Crippen molar-refractivity contribution >= 4 is 51.9 Å². The smallest absolute Gasteiger partial charge is 0.335 e. The highest BCUT2D eigenvalue weighted by Crippen LogP contribution is 2.39. The summed E-state index contributed by atoms with van der Waals surface area (Å²) in [5.41, 5.74) is 4.93. The highest BCUT2D eigenvalue weighted by atomic mass is 35.5. The first-order valence-corrected chi connectivity index (χ1v) is 10.3. The van der Waals surface area contributed by atoms with Gasteiger partial charge in [-0.15, -0.1) is 11.3 Å². The normalized spacial score (nSPS) is 16.3. The van der Waals surface area contributed by atoms with Gasteiger partial charge in [-0.2, -0.15) is 5.10 Å². The first-order valence-electron chi connectivity index (χ1n) is 8.64. The Balaban J connectivity index is 1.67. The van der Waals surface area contributed by atoms with Gasteiger partial charge in [0.15, 0.2) is 5.11 Å². The summed E-state index contributed by atoms with van der Waals surface area (Å²) in [4.78, 5) is 11.8. The van der Waals surface area contributed by atoms with Gasteiger partial charge in [-0.25, -0.2) is 4.79 Å². The quantitative estimate of drug-likeness (QED) is 0.310. The standard InChI is InChI=1S/C20H18ClN3O3S2/c1-11(16-10-29-18(17(16)25)12-4-2-6-14(21)8-12)23-24-20(28)22-15-7-3-5-13(9-15)19(26)27/h2-6,8-10,15,25H,7H2,1H3,(H,26,27)(H2,22,24,28)/b23-11+. The molecule has 0 spiro atoms. The number of hydrazone groups is 1. The van der Waals surface area contributed by atoms with Crippen LogP contribution in [0.25, 0.3) is 10.4 Å². The highest BCUT2D eigenvalue weighted by molar-refractivity contribution is 7.80. The van der Waals surface area contributed by atoms with E-state index in [2.05, 4.69) is 15.8 Å². The molecule has 0 aliphatic heterocycles. The fourth-order valence-corrected chi connectivity index (χ4v) is 4.15. The molecule has 9 heteroatoms. The maximum Gasteiger partial charge on any atom is 0.335 e. The molecule has 0 saturated carbocycles. The van der Waals surface area contributed by atoms with Gasteiger partial charge < -0.3 is 15.5 Å². The van der Waals surface area contributed by atoms with Crippen molar-refractivity contribution in [3.05, 3.63) is 64.0 Å². The lowest BCUT2D eigenvalue weighted by Crippen LogP contribution is -2.40. The van der Waals surface area contributed by atoms with Crippen molar-refractivity contribution in [1.82, 2.24) is 10.7 Å². The fraction of sp³-hybridized carbons (Fsp3) is 0.150. The largest absolute Gasteiger partial charge is 0.506 e. The molecular formula is C20H18ClN3O3S2. The number of hydrogen-bond acceptors (Lipinski definition) is 5. The van der Waals surface area contributed by atoms with Crippen LogP contribution in [0.2, 0.25) is 5.02 Å². The van der Waals surface area contributed by atoms with Crippen molar-refractivity contribution in [2.45, 2.75) is 19.4 Å². The van der Waals surface area contributed by atoms with Gasteiger partial charge in [0.25, 0.3) is 0 Å². The van der Waals surface area contributed by atoms with Crippen LogP contribution in [-0.4, -0.2) is 33.0 Å². The van der Waals surface area contributed by atoms with E-state index in [-0.39, 0.29) is 22.5 Å². The summed E-state index contributed by atoms with van der Waals surface area (Å²) in [6.07, 6.45) is 5.57. The number of thiocarbonyl (C=S) groups is 1. The Kier molecular flexibility index (Phi) is 6.68. The van der Waals surface area contributed by atoms with Gasteiger partial charge in [-0.05, 0) is 49.3 Å². The molecule has 0 fully saturated rings. The topological polar surface area (TPSA) is 94.0 Å². The lowest BCUT2D eigenvalue weighted by molar-refractivity contribution is -0.132. The molecular weight excluding hydrogens is 430 g/mol. The van der Waals surface area contributed by atoms with E-state index in [0.717, 1.165) is 5.56 Å². The second kappa shape index (κ2) is 9.21. The number of rotatable bonds is 5. The second-order valence-electron chi connectivity index (χ2n) is 6.29. The van der Waals surface area contributed by atoms with Crippen LogP contribution in [0.3, 0.4) is 0 Å². The maximum atomic E-state index is 11.1. The molecule has 0 radical (unpaired) electrons. The number of thiophene rings is 1. The zero-order valence-corrected chi connectivity index (χ0v) is 17.7. The number of carboxylic acid groups (broad SMARTS) is 1. The number of carbonyl (C=O) groups is 1. The van der Waals surface area contributed by atoms with Crippen molar-refractivity contribution in [2.24, 2.45) is 5.10 Å². The van der Waals surface area contributed by atoms with Crippen LogP contribution in [-0.2, 0) is 4.79 Å². The van der Waals surface area contributed by atoms with Crippen molar-refractivity contribution < 1.29 is 15.0 Å². The Morgan fingerprint density at radius 1 is 1.41 bits per heavy atom. The van der Waals surface area contributed by atoms with Crippen LogP contribution < -0.4 is 10.7 Å². The van der Waals surface area contributed by atoms with Crippen LogP contribution in [0.4, 0.5) is 0 Å². The van der Waals surface area contributed by atoms with E-state index in [1.807, 2.05) is 17.5 Å². The van der Waals surface area contributed by atoms with Gasteiger partial charge >= 0.3 is 5.97 Å². The van der Waals surface area contributed by atoms with Crippen LogP contribution >= 0.6 is 35.2 Å². The van der Waals surface area contributed by atoms with Gasteiger partial charge in [0.05, 0.1) is 27.8 Å². The molecule has 6 nitrogen and oxygen atoms in total. The number of nitrogens with zero attached hydrogens (tertiary/aromatic N) is 1. The van der Waals surface area contributed by atoms with Crippen LogP contribution in [0.15, 0.2) is 58.5 Å². The fourth-order valence-electron chi connectivity index (χ4n) is 2.76. The van der Waals surface area contributed by atoms with Gasteiger partial charge in [0.1, 0.15) is 5.75 Å². The van der Waals surface area contributed by atoms with E-state index in [4.69, 9.17) is 28.9 Å². The molecule has 1 aromatic heterocycles. The van der Waals surface area contributed by atoms with Crippen molar-refractivity contribution in [1.29, 1.82) is 0 Å². The summed E-state index contributed by atoms with van der Waals surface area (Å²) in [5, 5.41) is 29.6. The predicted octanol–water partition coefficient (Wildman–Crippen LogP) is 4.30. The molecule has 29 heavy (non-hydrogen) atoms. The third-order valence-corrected chi connectivity index (χ3v) is 5.66. The molecule has 150 valence electrons. The molecule has 1 heterocycles. The molecule has 1 atom stereocenters. The summed E-state index contributed by atoms with van der Waals surface area (Å²) in [6.45, 7) is 1.75.